The summed E-state index contributed by atoms with van der Waals surface area (Å²) in [6, 6.07) is 21.7. The van der Waals surface area contributed by atoms with Crippen molar-refractivity contribution in [3.8, 4) is 16.8 Å². The van der Waals surface area contributed by atoms with Gasteiger partial charge in [0.2, 0.25) is 0 Å². The fourth-order valence-electron chi connectivity index (χ4n) is 4.35. The minimum atomic E-state index is -0.309. The molecule has 0 aliphatic carbocycles. The third-order valence-corrected chi connectivity index (χ3v) is 5.71. The highest BCUT2D eigenvalue weighted by Crippen LogP contribution is 2.46. The molecule has 0 saturated carbocycles. The zero-order chi connectivity index (χ0) is 18.8. The van der Waals surface area contributed by atoms with Crippen LogP contribution in [0.15, 0.2) is 72.9 Å². The largest absolute Gasteiger partial charge is 0.316 e. The number of hydrogen-bond acceptors (Lipinski definition) is 2. The zero-order valence-corrected chi connectivity index (χ0v) is 15.1. The van der Waals surface area contributed by atoms with Crippen LogP contribution in [-0.2, 0) is 5.41 Å². The fourth-order valence-corrected chi connectivity index (χ4v) is 4.35. The lowest BCUT2D eigenvalue weighted by Gasteiger charge is -2.34. The zero-order valence-electron chi connectivity index (χ0n) is 15.1. The average molecular weight is 354 g/mol. The predicted octanol–water partition coefficient (Wildman–Crippen LogP) is 5.85. The molecule has 0 radical (unpaired) electrons. The van der Waals surface area contributed by atoms with E-state index >= 15 is 0 Å². The van der Waals surface area contributed by atoms with E-state index in [0.717, 1.165) is 10.9 Å². The van der Waals surface area contributed by atoms with Crippen LogP contribution in [0.3, 0.4) is 0 Å². The summed E-state index contributed by atoms with van der Waals surface area (Å²) in [7, 11) is 0. The normalized spacial score (nSPS) is 14.1. The standard InChI is InChI=1S/C23H18N2O2/c1-23(2)18-8-4-6-10-21(18)24-12-11-15-13-16(14-19(23)22(15)24)17-7-3-5-9-20(17)25(26)27/h3-14H,1-2H3. The number of aromatic nitrogens is 1. The molecular formula is C23H18N2O2. The summed E-state index contributed by atoms with van der Waals surface area (Å²) in [5.74, 6) is 0. The molecule has 1 aliphatic heterocycles. The Balaban J connectivity index is 1.86. The Bertz CT molecular complexity index is 1230. The van der Waals surface area contributed by atoms with Gasteiger partial charge in [-0.3, -0.25) is 10.1 Å². The van der Waals surface area contributed by atoms with E-state index in [0.29, 0.717) is 5.56 Å². The van der Waals surface area contributed by atoms with E-state index in [1.54, 1.807) is 12.1 Å². The molecule has 2 heterocycles. The second-order valence-electron chi connectivity index (χ2n) is 7.56. The highest BCUT2D eigenvalue weighted by atomic mass is 16.6. The number of fused-ring (bicyclic) bond motifs is 2. The summed E-state index contributed by atoms with van der Waals surface area (Å²) in [6.07, 6.45) is 2.09. The first-order valence-corrected chi connectivity index (χ1v) is 8.98. The van der Waals surface area contributed by atoms with Crippen molar-refractivity contribution in [1.29, 1.82) is 0 Å². The van der Waals surface area contributed by atoms with E-state index in [-0.39, 0.29) is 16.0 Å². The van der Waals surface area contributed by atoms with Gasteiger partial charge in [0.15, 0.2) is 0 Å². The molecule has 0 fully saturated rings. The smallest absolute Gasteiger partial charge is 0.277 e. The molecule has 4 aromatic rings. The number of para-hydroxylation sites is 2. The maximum absolute atomic E-state index is 11.5. The maximum atomic E-state index is 11.5. The van der Waals surface area contributed by atoms with Crippen LogP contribution in [-0.4, -0.2) is 9.49 Å². The van der Waals surface area contributed by atoms with Crippen molar-refractivity contribution in [2.45, 2.75) is 19.3 Å². The molecule has 0 N–H and O–H groups in total. The lowest BCUT2D eigenvalue weighted by molar-refractivity contribution is -0.384. The quantitative estimate of drug-likeness (QED) is 0.335. The van der Waals surface area contributed by atoms with E-state index in [1.807, 2.05) is 12.1 Å². The first-order chi connectivity index (χ1) is 13.0. The molecule has 0 unspecified atom stereocenters. The molecule has 3 aromatic carbocycles. The van der Waals surface area contributed by atoms with Gasteiger partial charge in [-0.25, -0.2) is 0 Å². The molecule has 1 aromatic heterocycles. The van der Waals surface area contributed by atoms with Crippen LogP contribution in [0.25, 0.3) is 27.7 Å². The van der Waals surface area contributed by atoms with Crippen LogP contribution in [0.1, 0.15) is 25.0 Å². The summed E-state index contributed by atoms with van der Waals surface area (Å²) in [5, 5.41) is 12.6. The molecule has 0 bridgehead atoms. The van der Waals surface area contributed by atoms with Crippen molar-refractivity contribution >= 4 is 16.6 Å². The van der Waals surface area contributed by atoms with Gasteiger partial charge in [-0.2, -0.15) is 0 Å². The molecule has 27 heavy (non-hydrogen) atoms. The summed E-state index contributed by atoms with van der Waals surface area (Å²) in [5.41, 5.74) is 6.31. The highest BCUT2D eigenvalue weighted by molar-refractivity contribution is 5.94. The second-order valence-corrected chi connectivity index (χ2v) is 7.56. The van der Waals surface area contributed by atoms with Gasteiger partial charge in [0, 0.05) is 28.8 Å². The lowest BCUT2D eigenvalue weighted by atomic mass is 9.74. The van der Waals surface area contributed by atoms with Crippen LogP contribution < -0.4 is 0 Å². The Labute approximate surface area is 156 Å². The molecule has 0 saturated heterocycles. The lowest BCUT2D eigenvalue weighted by Crippen LogP contribution is -2.26. The number of nitro groups is 1. The van der Waals surface area contributed by atoms with E-state index < -0.39 is 0 Å². The Morgan fingerprint density at radius 2 is 1.67 bits per heavy atom. The number of hydrogen-bond donors (Lipinski definition) is 0. The van der Waals surface area contributed by atoms with Gasteiger partial charge in [-0.1, -0.05) is 44.2 Å². The first-order valence-electron chi connectivity index (χ1n) is 8.98. The average Bonchev–Trinajstić information content (AvgIpc) is 3.10. The summed E-state index contributed by atoms with van der Waals surface area (Å²) >= 11 is 0. The minimum absolute atomic E-state index is 0.137. The summed E-state index contributed by atoms with van der Waals surface area (Å²) < 4.78 is 2.23. The second kappa shape index (κ2) is 5.30. The van der Waals surface area contributed by atoms with Crippen molar-refractivity contribution < 1.29 is 4.92 Å². The Hall–Kier alpha value is -3.40. The molecule has 0 spiro atoms. The van der Waals surface area contributed by atoms with Gasteiger partial charge in [0.05, 0.1) is 16.0 Å². The summed E-state index contributed by atoms with van der Waals surface area (Å²) in [6.45, 7) is 4.45. The van der Waals surface area contributed by atoms with E-state index in [9.17, 15) is 10.1 Å². The highest BCUT2D eigenvalue weighted by Gasteiger charge is 2.34. The minimum Gasteiger partial charge on any atom is -0.316 e. The van der Waals surface area contributed by atoms with Gasteiger partial charge in [-0.05, 0) is 47.0 Å². The van der Waals surface area contributed by atoms with E-state index in [2.05, 4.69) is 67.1 Å². The van der Waals surface area contributed by atoms with E-state index in [4.69, 9.17) is 0 Å². The van der Waals surface area contributed by atoms with Crippen LogP contribution >= 0.6 is 0 Å². The number of rotatable bonds is 2. The molecule has 4 heteroatoms. The van der Waals surface area contributed by atoms with Crippen molar-refractivity contribution in [2.24, 2.45) is 0 Å². The van der Waals surface area contributed by atoms with Crippen molar-refractivity contribution in [3.63, 3.8) is 0 Å². The number of nitro benzene ring substituents is 1. The molecule has 5 rings (SSSR count). The first kappa shape index (κ1) is 15.8. The SMILES string of the molecule is CC1(C)c2ccccc2-n2ccc3cc(-c4ccccc4[N+](=O)[O-])cc1c32. The molecular weight excluding hydrogens is 336 g/mol. The molecule has 132 valence electrons. The molecule has 0 atom stereocenters. The van der Waals surface area contributed by atoms with E-state index in [1.165, 1.54) is 22.3 Å². The Morgan fingerprint density at radius 1 is 0.926 bits per heavy atom. The molecule has 1 aliphatic rings. The van der Waals surface area contributed by atoms with Crippen molar-refractivity contribution in [2.75, 3.05) is 0 Å². The van der Waals surface area contributed by atoms with Crippen LogP contribution in [0.2, 0.25) is 0 Å². The summed E-state index contributed by atoms with van der Waals surface area (Å²) in [4.78, 5) is 11.2. The van der Waals surface area contributed by atoms with Gasteiger partial charge < -0.3 is 4.57 Å². The van der Waals surface area contributed by atoms with Crippen molar-refractivity contribution in [1.82, 2.24) is 4.57 Å². The Kier molecular flexibility index (Phi) is 3.11. The van der Waals surface area contributed by atoms with Crippen LogP contribution in [0.4, 0.5) is 5.69 Å². The topological polar surface area (TPSA) is 48.1 Å². The van der Waals surface area contributed by atoms with Crippen LogP contribution in [0, 0.1) is 10.1 Å². The number of benzene rings is 3. The van der Waals surface area contributed by atoms with Gasteiger partial charge in [0.25, 0.3) is 5.69 Å². The predicted molar refractivity (Wildman–Crippen MR) is 107 cm³/mol. The van der Waals surface area contributed by atoms with Crippen LogP contribution in [0.5, 0.6) is 0 Å². The monoisotopic (exact) mass is 354 g/mol. The molecule has 0 amide bonds. The maximum Gasteiger partial charge on any atom is 0.277 e. The van der Waals surface area contributed by atoms with Gasteiger partial charge in [0.1, 0.15) is 0 Å². The van der Waals surface area contributed by atoms with Gasteiger partial charge >= 0.3 is 0 Å². The Morgan fingerprint density at radius 3 is 2.48 bits per heavy atom. The van der Waals surface area contributed by atoms with Gasteiger partial charge in [-0.15, -0.1) is 0 Å². The molecule has 4 nitrogen and oxygen atoms in total. The number of nitrogens with zero attached hydrogens (tertiary/aromatic N) is 2. The third-order valence-electron chi connectivity index (χ3n) is 5.71. The fraction of sp³-hybridized carbons (Fsp3) is 0.130. The third kappa shape index (κ3) is 2.10. The van der Waals surface area contributed by atoms with Crippen molar-refractivity contribution in [3.05, 3.63) is 94.2 Å².